The fraction of sp³-hybridized carbons (Fsp3) is 0.364. The maximum absolute atomic E-state index is 9.71. The van der Waals surface area contributed by atoms with E-state index in [2.05, 4.69) is 4.99 Å². The fourth-order valence-electron chi connectivity index (χ4n) is 1.22. The molecule has 74 valence electrons. The van der Waals surface area contributed by atoms with Crippen LogP contribution < -0.4 is 4.74 Å². The van der Waals surface area contributed by atoms with Crippen LogP contribution in [0.25, 0.3) is 0 Å². The van der Waals surface area contributed by atoms with Gasteiger partial charge in [0, 0.05) is 11.8 Å². The van der Waals surface area contributed by atoms with Crippen molar-refractivity contribution >= 4 is 6.21 Å². The minimum absolute atomic E-state index is 0.166. The smallest absolute Gasteiger partial charge is 0.166 e. The molecule has 14 heavy (non-hydrogen) atoms. The number of nitrogens with zero attached hydrogens (tertiary/aromatic N) is 1. The zero-order valence-electron chi connectivity index (χ0n) is 8.10. The molecule has 1 aliphatic rings. The number of rotatable bonds is 3. The summed E-state index contributed by atoms with van der Waals surface area (Å²) in [6, 6.07) is 5.86. The summed E-state index contributed by atoms with van der Waals surface area (Å²) in [5.41, 5.74) is 0.719. The van der Waals surface area contributed by atoms with Crippen LogP contribution in [0.15, 0.2) is 23.2 Å². The molecule has 3 heteroatoms. The number of phenolic OH excluding ortho intramolecular Hbond substituents is 1. The van der Waals surface area contributed by atoms with Crippen LogP contribution >= 0.6 is 0 Å². The number of methoxy groups -OCH3 is 1. The van der Waals surface area contributed by atoms with Gasteiger partial charge in [-0.3, -0.25) is 4.99 Å². The van der Waals surface area contributed by atoms with Crippen molar-refractivity contribution < 1.29 is 9.84 Å². The summed E-state index contributed by atoms with van der Waals surface area (Å²) in [7, 11) is 1.54. The number of benzene rings is 1. The quantitative estimate of drug-likeness (QED) is 0.742. The van der Waals surface area contributed by atoms with E-state index in [1.54, 1.807) is 12.3 Å². The summed E-state index contributed by atoms with van der Waals surface area (Å²) < 4.78 is 5.00. The third-order valence-corrected chi connectivity index (χ3v) is 2.22. The fourth-order valence-corrected chi connectivity index (χ4v) is 1.22. The summed E-state index contributed by atoms with van der Waals surface area (Å²) in [5.74, 6) is 0.657. The molecule has 0 spiro atoms. The Morgan fingerprint density at radius 2 is 2.29 bits per heavy atom. The maximum atomic E-state index is 9.71. The van der Waals surface area contributed by atoms with E-state index in [0.29, 0.717) is 11.8 Å². The van der Waals surface area contributed by atoms with Gasteiger partial charge in [0.1, 0.15) is 0 Å². The maximum Gasteiger partial charge on any atom is 0.166 e. The van der Waals surface area contributed by atoms with Crippen LogP contribution in [0.5, 0.6) is 11.5 Å². The molecule has 3 nitrogen and oxygen atoms in total. The molecule has 0 heterocycles. The van der Waals surface area contributed by atoms with E-state index >= 15 is 0 Å². The molecular formula is C11H13NO2. The first-order chi connectivity index (χ1) is 6.81. The van der Waals surface area contributed by atoms with Gasteiger partial charge in [-0.1, -0.05) is 6.07 Å². The van der Waals surface area contributed by atoms with Crippen LogP contribution in [-0.2, 0) is 0 Å². The minimum atomic E-state index is 0.166. The summed E-state index contributed by atoms with van der Waals surface area (Å²) >= 11 is 0. The number of phenols is 1. The monoisotopic (exact) mass is 191 g/mol. The van der Waals surface area contributed by atoms with Crippen LogP contribution in [0, 0.1) is 0 Å². The molecule has 1 N–H and O–H groups in total. The van der Waals surface area contributed by atoms with Gasteiger partial charge in [-0.05, 0) is 25.0 Å². The predicted octanol–water partition coefficient (Wildman–Crippen LogP) is 1.98. The number of hydrogen-bond donors (Lipinski definition) is 1. The lowest BCUT2D eigenvalue weighted by Gasteiger charge is -2.04. The van der Waals surface area contributed by atoms with Gasteiger partial charge in [-0.15, -0.1) is 0 Å². The molecule has 0 amide bonds. The topological polar surface area (TPSA) is 41.8 Å². The third kappa shape index (κ3) is 1.87. The molecule has 0 unspecified atom stereocenters. The lowest BCUT2D eigenvalue weighted by atomic mass is 10.2. The van der Waals surface area contributed by atoms with E-state index in [-0.39, 0.29) is 5.75 Å². The molecule has 1 fully saturated rings. The molecule has 1 aromatic carbocycles. The van der Waals surface area contributed by atoms with Gasteiger partial charge in [-0.25, -0.2) is 0 Å². The Morgan fingerprint density at radius 1 is 1.50 bits per heavy atom. The van der Waals surface area contributed by atoms with Crippen molar-refractivity contribution in [3.63, 3.8) is 0 Å². The summed E-state index contributed by atoms with van der Waals surface area (Å²) in [6.07, 6.45) is 4.05. The number of para-hydroxylation sites is 1. The molecule has 2 rings (SSSR count). The van der Waals surface area contributed by atoms with Gasteiger partial charge >= 0.3 is 0 Å². The highest BCUT2D eigenvalue weighted by Gasteiger charge is 2.19. The van der Waals surface area contributed by atoms with Gasteiger partial charge in [-0.2, -0.15) is 0 Å². The number of ether oxygens (including phenoxy) is 1. The second-order valence-electron chi connectivity index (χ2n) is 3.41. The average molecular weight is 191 g/mol. The van der Waals surface area contributed by atoms with Crippen LogP contribution in [-0.4, -0.2) is 24.5 Å². The number of aromatic hydroxyl groups is 1. The Balaban J connectivity index is 2.23. The highest BCUT2D eigenvalue weighted by atomic mass is 16.5. The number of aliphatic imine (C=N–C) groups is 1. The largest absolute Gasteiger partial charge is 0.504 e. The first-order valence-corrected chi connectivity index (χ1v) is 4.70. The summed E-state index contributed by atoms with van der Waals surface area (Å²) in [4.78, 5) is 4.30. The van der Waals surface area contributed by atoms with Crippen molar-refractivity contribution in [1.29, 1.82) is 0 Å². The van der Waals surface area contributed by atoms with Gasteiger partial charge in [0.15, 0.2) is 11.5 Å². The van der Waals surface area contributed by atoms with Gasteiger partial charge in [0.05, 0.1) is 13.2 Å². The van der Waals surface area contributed by atoms with Crippen LogP contribution in [0.3, 0.4) is 0 Å². The van der Waals surface area contributed by atoms with Crippen molar-refractivity contribution in [2.75, 3.05) is 7.11 Å². The zero-order valence-corrected chi connectivity index (χ0v) is 8.10. The molecule has 0 saturated heterocycles. The van der Waals surface area contributed by atoms with E-state index in [0.717, 1.165) is 5.56 Å². The molecule has 0 aromatic heterocycles. The minimum Gasteiger partial charge on any atom is -0.504 e. The molecule has 1 aliphatic carbocycles. The van der Waals surface area contributed by atoms with Crippen LogP contribution in [0.4, 0.5) is 0 Å². The highest BCUT2D eigenvalue weighted by molar-refractivity contribution is 5.85. The van der Waals surface area contributed by atoms with Crippen molar-refractivity contribution in [2.24, 2.45) is 4.99 Å². The van der Waals surface area contributed by atoms with Crippen molar-refractivity contribution in [2.45, 2.75) is 18.9 Å². The summed E-state index contributed by atoms with van der Waals surface area (Å²) in [5, 5.41) is 9.71. The van der Waals surface area contributed by atoms with Crippen molar-refractivity contribution in [1.82, 2.24) is 0 Å². The van der Waals surface area contributed by atoms with Gasteiger partial charge < -0.3 is 9.84 Å². The first-order valence-electron chi connectivity index (χ1n) is 4.70. The Bertz CT molecular complexity index is 356. The molecule has 0 aliphatic heterocycles. The molecule has 0 radical (unpaired) electrons. The zero-order chi connectivity index (χ0) is 9.97. The van der Waals surface area contributed by atoms with Crippen LogP contribution in [0.1, 0.15) is 18.4 Å². The van der Waals surface area contributed by atoms with E-state index in [4.69, 9.17) is 4.74 Å². The van der Waals surface area contributed by atoms with Gasteiger partial charge in [0.25, 0.3) is 0 Å². The van der Waals surface area contributed by atoms with E-state index in [9.17, 15) is 5.11 Å². The SMILES string of the molecule is COc1cccc(C=NC2CC2)c1O. The Labute approximate surface area is 83.1 Å². The Morgan fingerprint density at radius 3 is 2.93 bits per heavy atom. The van der Waals surface area contributed by atoms with Crippen LogP contribution in [0.2, 0.25) is 0 Å². The lowest BCUT2D eigenvalue weighted by molar-refractivity contribution is 0.373. The Hall–Kier alpha value is -1.51. The molecule has 0 atom stereocenters. The Kier molecular flexibility index (Phi) is 2.39. The molecular weight excluding hydrogens is 178 g/mol. The third-order valence-electron chi connectivity index (χ3n) is 2.22. The lowest BCUT2D eigenvalue weighted by Crippen LogP contribution is -1.89. The average Bonchev–Trinajstić information content (AvgIpc) is 3.00. The van der Waals surface area contributed by atoms with E-state index in [1.807, 2.05) is 12.1 Å². The number of hydrogen-bond acceptors (Lipinski definition) is 3. The van der Waals surface area contributed by atoms with Crippen molar-refractivity contribution in [3.05, 3.63) is 23.8 Å². The second kappa shape index (κ2) is 3.70. The molecule has 0 bridgehead atoms. The normalized spacial score (nSPS) is 16.1. The molecule has 1 aromatic rings. The van der Waals surface area contributed by atoms with Crippen molar-refractivity contribution in [3.8, 4) is 11.5 Å². The summed E-state index contributed by atoms with van der Waals surface area (Å²) in [6.45, 7) is 0. The van der Waals surface area contributed by atoms with E-state index in [1.165, 1.54) is 20.0 Å². The van der Waals surface area contributed by atoms with E-state index < -0.39 is 0 Å². The molecule has 1 saturated carbocycles. The highest BCUT2D eigenvalue weighted by Crippen LogP contribution is 2.29. The first kappa shape index (κ1) is 9.06. The standard InChI is InChI=1S/C11H13NO2/c1-14-10-4-2-3-8(11(10)13)7-12-9-5-6-9/h2-4,7,9,13H,5-6H2,1H3. The van der Waals surface area contributed by atoms with Gasteiger partial charge in [0.2, 0.25) is 0 Å². The predicted molar refractivity (Wildman–Crippen MR) is 55.3 cm³/mol. The second-order valence-corrected chi connectivity index (χ2v) is 3.41.